The molecule has 3 atom stereocenters. The minimum Gasteiger partial charge on any atom is -0.497 e. The van der Waals surface area contributed by atoms with Crippen molar-refractivity contribution in [2.75, 3.05) is 20.8 Å². The second kappa shape index (κ2) is 8.15. The molecule has 0 unspecified atom stereocenters. The third kappa shape index (κ3) is 3.83. The van der Waals surface area contributed by atoms with Crippen molar-refractivity contribution in [1.82, 2.24) is 4.90 Å². The van der Waals surface area contributed by atoms with E-state index in [2.05, 4.69) is 0 Å². The highest BCUT2D eigenvalue weighted by Gasteiger charge is 2.43. The molecule has 0 radical (unpaired) electrons. The number of halogens is 1. The number of imide groups is 1. The average Bonchev–Trinajstić information content (AvgIpc) is 2.97. The van der Waals surface area contributed by atoms with Crippen LogP contribution in [0.4, 0.5) is 4.79 Å². The van der Waals surface area contributed by atoms with Crippen LogP contribution in [0.3, 0.4) is 0 Å². The number of carbonyl (C=O) groups is 2. The Hall–Kier alpha value is -1.35. The molecule has 7 heteroatoms. The number of nitrogens with zero attached hydrogens (tertiary/aromatic N) is 1. The molecule has 1 aliphatic rings. The number of ether oxygens (including phenoxy) is 3. The Balaban J connectivity index is 2.21. The Labute approximate surface area is 155 Å². The molecule has 0 saturated carbocycles. The Bertz CT molecular complexity index is 589. The molecular weight excluding hydrogens is 425 g/mol. The lowest BCUT2D eigenvalue weighted by molar-refractivity contribution is -0.131. The van der Waals surface area contributed by atoms with Gasteiger partial charge in [0.1, 0.15) is 22.4 Å². The minimum atomic E-state index is -0.579. The zero-order chi connectivity index (χ0) is 17.9. The van der Waals surface area contributed by atoms with Crippen molar-refractivity contribution in [1.29, 1.82) is 0 Å². The highest BCUT2D eigenvalue weighted by molar-refractivity contribution is 14.1. The number of hydrogen-bond donors (Lipinski definition) is 0. The standard InChI is InChI=1S/C17H22INO5/c1-10(2)13-9-24-17(21)19(13)16(20)14(18)15(23-4)11-5-7-12(22-3)8-6-11/h5-8,10,13-15H,9H2,1-4H3/t13-,14+,15+/m1/s1. The number of cyclic esters (lactones) is 1. The maximum Gasteiger partial charge on any atom is 0.417 e. The molecule has 1 saturated heterocycles. The lowest BCUT2D eigenvalue weighted by Crippen LogP contribution is -2.46. The SMILES string of the molecule is COc1ccc([C@H](OC)[C@H](I)C(=O)N2C(=O)OC[C@@H]2C(C)C)cc1. The molecule has 1 aromatic rings. The van der Waals surface area contributed by atoms with Gasteiger partial charge in [-0.1, -0.05) is 48.6 Å². The lowest BCUT2D eigenvalue weighted by atomic mass is 10.0. The van der Waals surface area contributed by atoms with Crippen molar-refractivity contribution in [2.45, 2.75) is 29.9 Å². The predicted molar refractivity (Wildman–Crippen MR) is 97.4 cm³/mol. The van der Waals surface area contributed by atoms with Crippen LogP contribution in [0.2, 0.25) is 0 Å². The van der Waals surface area contributed by atoms with E-state index < -0.39 is 16.1 Å². The fourth-order valence-corrected chi connectivity index (χ4v) is 3.67. The van der Waals surface area contributed by atoms with Crippen molar-refractivity contribution in [3.05, 3.63) is 29.8 Å². The molecule has 2 amide bonds. The quantitative estimate of drug-likeness (QED) is 0.495. The van der Waals surface area contributed by atoms with Crippen LogP contribution in [0, 0.1) is 5.92 Å². The zero-order valence-electron chi connectivity index (χ0n) is 14.2. The third-order valence-corrected chi connectivity index (χ3v) is 5.30. The Morgan fingerprint density at radius 3 is 2.42 bits per heavy atom. The molecule has 2 rings (SSSR count). The van der Waals surface area contributed by atoms with E-state index in [9.17, 15) is 9.59 Å². The van der Waals surface area contributed by atoms with E-state index in [0.29, 0.717) is 0 Å². The first-order valence-electron chi connectivity index (χ1n) is 7.71. The number of amides is 2. The van der Waals surface area contributed by atoms with Crippen LogP contribution in [0.1, 0.15) is 25.5 Å². The molecule has 0 bridgehead atoms. The topological polar surface area (TPSA) is 65.1 Å². The first kappa shape index (κ1) is 19.0. The van der Waals surface area contributed by atoms with Gasteiger partial charge in [0.05, 0.1) is 13.2 Å². The maximum absolute atomic E-state index is 12.9. The number of benzene rings is 1. The molecule has 0 N–H and O–H groups in total. The summed E-state index contributed by atoms with van der Waals surface area (Å²) >= 11 is 2.03. The van der Waals surface area contributed by atoms with Crippen LogP contribution in [-0.2, 0) is 14.3 Å². The van der Waals surface area contributed by atoms with Gasteiger partial charge in [-0.15, -0.1) is 0 Å². The molecular formula is C17H22INO5. The van der Waals surface area contributed by atoms with E-state index in [0.717, 1.165) is 11.3 Å². The smallest absolute Gasteiger partial charge is 0.417 e. The van der Waals surface area contributed by atoms with E-state index >= 15 is 0 Å². The minimum absolute atomic E-state index is 0.131. The summed E-state index contributed by atoms with van der Waals surface area (Å²) in [5.74, 6) is 0.568. The number of alkyl halides is 1. The summed E-state index contributed by atoms with van der Waals surface area (Å²) in [4.78, 5) is 26.1. The predicted octanol–water partition coefficient (Wildman–Crippen LogP) is 3.19. The lowest BCUT2D eigenvalue weighted by Gasteiger charge is -2.28. The molecule has 6 nitrogen and oxygen atoms in total. The molecule has 24 heavy (non-hydrogen) atoms. The van der Waals surface area contributed by atoms with Gasteiger partial charge in [0, 0.05) is 7.11 Å². The van der Waals surface area contributed by atoms with Gasteiger partial charge in [0.15, 0.2) is 0 Å². The molecule has 0 spiro atoms. The van der Waals surface area contributed by atoms with Gasteiger partial charge in [-0.3, -0.25) is 4.79 Å². The summed E-state index contributed by atoms with van der Waals surface area (Å²) in [6, 6.07) is 7.10. The summed E-state index contributed by atoms with van der Waals surface area (Å²) < 4.78 is 15.2. The molecule has 1 heterocycles. The van der Waals surface area contributed by atoms with E-state index in [1.54, 1.807) is 14.2 Å². The van der Waals surface area contributed by atoms with Gasteiger partial charge in [0.2, 0.25) is 5.91 Å². The monoisotopic (exact) mass is 447 g/mol. The van der Waals surface area contributed by atoms with Gasteiger partial charge in [-0.25, -0.2) is 9.69 Å². The number of rotatable bonds is 6. The van der Waals surface area contributed by atoms with E-state index in [4.69, 9.17) is 14.2 Å². The van der Waals surface area contributed by atoms with Crippen molar-refractivity contribution >= 4 is 34.6 Å². The fraction of sp³-hybridized carbons (Fsp3) is 0.529. The van der Waals surface area contributed by atoms with Crippen molar-refractivity contribution in [2.24, 2.45) is 5.92 Å². The van der Waals surface area contributed by atoms with Gasteiger partial charge in [-0.2, -0.15) is 0 Å². The number of carbonyl (C=O) groups excluding carboxylic acids is 2. The van der Waals surface area contributed by atoms with Crippen LogP contribution in [0.15, 0.2) is 24.3 Å². The average molecular weight is 447 g/mol. The number of methoxy groups -OCH3 is 2. The normalized spacial score (nSPS) is 20.0. The molecule has 132 valence electrons. The van der Waals surface area contributed by atoms with Crippen molar-refractivity contribution < 1.29 is 23.8 Å². The Morgan fingerprint density at radius 2 is 1.92 bits per heavy atom. The van der Waals surface area contributed by atoms with Crippen LogP contribution in [0.25, 0.3) is 0 Å². The fourth-order valence-electron chi connectivity index (χ4n) is 2.66. The van der Waals surface area contributed by atoms with Gasteiger partial charge < -0.3 is 14.2 Å². The first-order chi connectivity index (χ1) is 11.4. The van der Waals surface area contributed by atoms with Crippen LogP contribution < -0.4 is 4.74 Å². The van der Waals surface area contributed by atoms with Crippen LogP contribution >= 0.6 is 22.6 Å². The third-order valence-electron chi connectivity index (χ3n) is 4.11. The van der Waals surface area contributed by atoms with Gasteiger partial charge >= 0.3 is 6.09 Å². The second-order valence-corrected chi connectivity index (χ2v) is 7.27. The molecule has 0 aromatic heterocycles. The molecule has 1 fully saturated rings. The first-order valence-corrected chi connectivity index (χ1v) is 8.95. The van der Waals surface area contributed by atoms with Crippen LogP contribution in [-0.4, -0.2) is 47.7 Å². The summed E-state index contributed by atoms with van der Waals surface area (Å²) in [5.41, 5.74) is 0.847. The Morgan fingerprint density at radius 1 is 1.29 bits per heavy atom. The van der Waals surface area contributed by atoms with Crippen molar-refractivity contribution in [3.63, 3.8) is 0 Å². The Kier molecular flexibility index (Phi) is 6.45. The van der Waals surface area contributed by atoms with Gasteiger partial charge in [-0.05, 0) is 23.6 Å². The van der Waals surface area contributed by atoms with E-state index in [-0.39, 0.29) is 24.5 Å². The zero-order valence-corrected chi connectivity index (χ0v) is 16.3. The van der Waals surface area contributed by atoms with E-state index in [1.165, 1.54) is 4.90 Å². The number of hydrogen-bond acceptors (Lipinski definition) is 5. The summed E-state index contributed by atoms with van der Waals surface area (Å²) in [7, 11) is 3.15. The maximum atomic E-state index is 12.9. The van der Waals surface area contributed by atoms with Crippen LogP contribution in [0.5, 0.6) is 5.75 Å². The molecule has 1 aromatic carbocycles. The summed E-state index contributed by atoms with van der Waals surface area (Å²) in [6.45, 7) is 4.17. The largest absolute Gasteiger partial charge is 0.497 e. The van der Waals surface area contributed by atoms with Crippen molar-refractivity contribution in [3.8, 4) is 5.75 Å². The highest BCUT2D eigenvalue weighted by Crippen LogP contribution is 2.31. The second-order valence-electron chi connectivity index (χ2n) is 5.93. The summed E-state index contributed by atoms with van der Waals surface area (Å²) in [5, 5.41) is 0. The van der Waals surface area contributed by atoms with Gasteiger partial charge in [0.25, 0.3) is 0 Å². The highest BCUT2D eigenvalue weighted by atomic mass is 127. The summed E-state index contributed by atoms with van der Waals surface area (Å²) in [6.07, 6.45) is -1.05. The molecule has 0 aliphatic carbocycles. The van der Waals surface area contributed by atoms with E-state index in [1.807, 2.05) is 60.7 Å². The molecule has 1 aliphatic heterocycles.